The van der Waals surface area contributed by atoms with E-state index in [4.69, 9.17) is 5.11 Å². The van der Waals surface area contributed by atoms with E-state index in [1.807, 2.05) is 30.3 Å². The van der Waals surface area contributed by atoms with Crippen LogP contribution in [0.2, 0.25) is 0 Å². The summed E-state index contributed by atoms with van der Waals surface area (Å²) < 4.78 is 0. The van der Waals surface area contributed by atoms with Gasteiger partial charge in [0.25, 0.3) is 0 Å². The van der Waals surface area contributed by atoms with Crippen molar-refractivity contribution >= 4 is 23.6 Å². The lowest BCUT2D eigenvalue weighted by Crippen LogP contribution is -2.43. The zero-order valence-corrected chi connectivity index (χ0v) is 10.4. The number of carboxylic acids is 1. The highest BCUT2D eigenvalue weighted by atomic mass is 32.2. The minimum atomic E-state index is -1.01. The van der Waals surface area contributed by atoms with Gasteiger partial charge in [-0.3, -0.25) is 4.79 Å². The summed E-state index contributed by atoms with van der Waals surface area (Å²) in [6.45, 7) is 0. The highest BCUT2D eigenvalue weighted by Crippen LogP contribution is 2.04. The van der Waals surface area contributed by atoms with Gasteiger partial charge in [-0.2, -0.15) is 11.8 Å². The Kier molecular flexibility index (Phi) is 5.56. The predicted molar refractivity (Wildman–Crippen MR) is 68.1 cm³/mol. The topological polar surface area (TPSA) is 66.4 Å². The Morgan fingerprint density at radius 2 is 2.00 bits per heavy atom. The van der Waals surface area contributed by atoms with Crippen molar-refractivity contribution in [3.63, 3.8) is 0 Å². The van der Waals surface area contributed by atoms with Gasteiger partial charge in [0.05, 0.1) is 5.75 Å². The lowest BCUT2D eigenvalue weighted by Gasteiger charge is -2.14. The molecule has 1 atom stereocenters. The van der Waals surface area contributed by atoms with Crippen LogP contribution >= 0.6 is 11.8 Å². The van der Waals surface area contributed by atoms with Crippen LogP contribution in [0.1, 0.15) is 5.56 Å². The SMILES string of the molecule is CSCC(=O)NC(Cc1ccccc1)C(=O)O. The number of rotatable bonds is 6. The molecular formula is C12H15NO3S. The molecule has 1 amide bonds. The van der Waals surface area contributed by atoms with E-state index < -0.39 is 12.0 Å². The van der Waals surface area contributed by atoms with Gasteiger partial charge in [0.1, 0.15) is 6.04 Å². The summed E-state index contributed by atoms with van der Waals surface area (Å²) >= 11 is 1.36. The number of hydrogen-bond donors (Lipinski definition) is 2. The normalized spacial score (nSPS) is 11.8. The van der Waals surface area contributed by atoms with Crippen molar-refractivity contribution in [3.8, 4) is 0 Å². The van der Waals surface area contributed by atoms with Crippen LogP contribution < -0.4 is 5.32 Å². The first-order valence-electron chi connectivity index (χ1n) is 5.18. The molecule has 1 rings (SSSR count). The second-order valence-corrected chi connectivity index (χ2v) is 4.45. The number of carboxylic acid groups (broad SMARTS) is 1. The number of benzene rings is 1. The van der Waals surface area contributed by atoms with E-state index in [-0.39, 0.29) is 11.7 Å². The van der Waals surface area contributed by atoms with Gasteiger partial charge in [0.2, 0.25) is 5.91 Å². The highest BCUT2D eigenvalue weighted by Gasteiger charge is 2.19. The van der Waals surface area contributed by atoms with Gasteiger partial charge in [0.15, 0.2) is 0 Å². The van der Waals surface area contributed by atoms with Crippen LogP contribution in [-0.4, -0.2) is 35.0 Å². The van der Waals surface area contributed by atoms with Crippen molar-refractivity contribution in [1.29, 1.82) is 0 Å². The van der Waals surface area contributed by atoms with Gasteiger partial charge < -0.3 is 10.4 Å². The number of thioether (sulfide) groups is 1. The van der Waals surface area contributed by atoms with E-state index >= 15 is 0 Å². The molecule has 0 fully saturated rings. The average Bonchev–Trinajstić information content (AvgIpc) is 2.29. The molecule has 1 aromatic carbocycles. The first-order valence-corrected chi connectivity index (χ1v) is 6.58. The van der Waals surface area contributed by atoms with Crippen molar-refractivity contribution in [2.45, 2.75) is 12.5 Å². The second kappa shape index (κ2) is 6.96. The van der Waals surface area contributed by atoms with Gasteiger partial charge in [-0.05, 0) is 11.8 Å². The molecule has 0 radical (unpaired) electrons. The van der Waals surface area contributed by atoms with E-state index in [1.54, 1.807) is 6.26 Å². The lowest BCUT2D eigenvalue weighted by molar-refractivity contribution is -0.141. The zero-order chi connectivity index (χ0) is 12.7. The fourth-order valence-corrected chi connectivity index (χ4v) is 1.76. The number of amides is 1. The molecular weight excluding hydrogens is 238 g/mol. The van der Waals surface area contributed by atoms with Crippen molar-refractivity contribution in [2.24, 2.45) is 0 Å². The van der Waals surface area contributed by atoms with Crippen LogP contribution in [0.3, 0.4) is 0 Å². The summed E-state index contributed by atoms with van der Waals surface area (Å²) in [5, 5.41) is 11.5. The average molecular weight is 253 g/mol. The van der Waals surface area contributed by atoms with Gasteiger partial charge >= 0.3 is 5.97 Å². The van der Waals surface area contributed by atoms with Gasteiger partial charge in [-0.1, -0.05) is 30.3 Å². The standard InChI is InChI=1S/C12H15NO3S/c1-17-8-11(14)13-10(12(15)16)7-9-5-3-2-4-6-9/h2-6,10H,7-8H2,1H3,(H,13,14)(H,15,16). The Morgan fingerprint density at radius 3 is 2.53 bits per heavy atom. The Morgan fingerprint density at radius 1 is 1.35 bits per heavy atom. The van der Waals surface area contributed by atoms with Gasteiger partial charge in [-0.25, -0.2) is 4.79 Å². The van der Waals surface area contributed by atoms with Crippen LogP contribution in [0.5, 0.6) is 0 Å². The zero-order valence-electron chi connectivity index (χ0n) is 9.55. The largest absolute Gasteiger partial charge is 0.480 e. The van der Waals surface area contributed by atoms with E-state index in [0.29, 0.717) is 6.42 Å². The molecule has 0 aliphatic heterocycles. The summed E-state index contributed by atoms with van der Waals surface area (Å²) in [5.74, 6) is -0.984. The summed E-state index contributed by atoms with van der Waals surface area (Å²) in [7, 11) is 0. The molecule has 0 heterocycles. The maximum Gasteiger partial charge on any atom is 0.326 e. The molecule has 0 aromatic heterocycles. The second-order valence-electron chi connectivity index (χ2n) is 3.58. The van der Waals surface area contributed by atoms with Crippen LogP contribution in [0, 0.1) is 0 Å². The fourth-order valence-electron chi connectivity index (χ4n) is 1.42. The first kappa shape index (κ1) is 13.6. The third-order valence-corrected chi connectivity index (χ3v) is 2.74. The molecule has 4 nitrogen and oxygen atoms in total. The van der Waals surface area contributed by atoms with E-state index in [0.717, 1.165) is 5.56 Å². The molecule has 0 saturated heterocycles. The molecule has 0 bridgehead atoms. The van der Waals surface area contributed by atoms with E-state index in [9.17, 15) is 9.59 Å². The van der Waals surface area contributed by atoms with Crippen molar-refractivity contribution in [2.75, 3.05) is 12.0 Å². The quantitative estimate of drug-likeness (QED) is 0.798. The number of carbonyl (C=O) groups excluding carboxylic acids is 1. The molecule has 0 aliphatic carbocycles. The maximum absolute atomic E-state index is 11.4. The number of hydrogen-bond acceptors (Lipinski definition) is 3. The summed E-state index contributed by atoms with van der Waals surface area (Å²) in [4.78, 5) is 22.4. The van der Waals surface area contributed by atoms with Gasteiger partial charge in [0, 0.05) is 6.42 Å². The third kappa shape index (κ3) is 4.91. The van der Waals surface area contributed by atoms with E-state index in [2.05, 4.69) is 5.32 Å². The molecule has 1 unspecified atom stereocenters. The Hall–Kier alpha value is -1.49. The van der Waals surface area contributed by atoms with Crippen LogP contribution in [0.4, 0.5) is 0 Å². The van der Waals surface area contributed by atoms with Crippen LogP contribution in [0.15, 0.2) is 30.3 Å². The molecule has 17 heavy (non-hydrogen) atoms. The third-order valence-electron chi connectivity index (χ3n) is 2.19. The summed E-state index contributed by atoms with van der Waals surface area (Å²) in [6.07, 6.45) is 2.10. The molecule has 0 spiro atoms. The van der Waals surface area contributed by atoms with Crippen LogP contribution in [-0.2, 0) is 16.0 Å². The smallest absolute Gasteiger partial charge is 0.326 e. The minimum absolute atomic E-state index is 0.249. The van der Waals surface area contributed by atoms with Crippen molar-refractivity contribution < 1.29 is 14.7 Å². The Labute approximate surface area is 104 Å². The highest BCUT2D eigenvalue weighted by molar-refractivity contribution is 7.99. The Bertz CT molecular complexity index is 381. The summed E-state index contributed by atoms with van der Waals surface area (Å²) in [6, 6.07) is 8.38. The number of aliphatic carboxylic acids is 1. The number of nitrogens with one attached hydrogen (secondary N) is 1. The molecule has 0 saturated carbocycles. The van der Waals surface area contributed by atoms with Crippen molar-refractivity contribution in [3.05, 3.63) is 35.9 Å². The molecule has 92 valence electrons. The summed E-state index contributed by atoms with van der Waals surface area (Å²) in [5.41, 5.74) is 0.893. The molecule has 2 N–H and O–H groups in total. The van der Waals surface area contributed by atoms with Gasteiger partial charge in [-0.15, -0.1) is 0 Å². The van der Waals surface area contributed by atoms with Crippen molar-refractivity contribution in [1.82, 2.24) is 5.32 Å². The lowest BCUT2D eigenvalue weighted by atomic mass is 10.1. The maximum atomic E-state index is 11.4. The predicted octanol–water partition coefficient (Wildman–Crippen LogP) is 1.16. The van der Waals surface area contributed by atoms with E-state index in [1.165, 1.54) is 11.8 Å². The molecule has 5 heteroatoms. The fraction of sp³-hybridized carbons (Fsp3) is 0.333. The minimum Gasteiger partial charge on any atom is -0.480 e. The molecule has 1 aromatic rings. The number of carbonyl (C=O) groups is 2. The Balaban J connectivity index is 2.61. The van der Waals surface area contributed by atoms with Crippen LogP contribution in [0.25, 0.3) is 0 Å². The monoisotopic (exact) mass is 253 g/mol. The first-order chi connectivity index (χ1) is 8.13. The molecule has 0 aliphatic rings.